The zero-order valence-electron chi connectivity index (χ0n) is 10.2. The van der Waals surface area contributed by atoms with Crippen molar-refractivity contribution in [3.8, 4) is 0 Å². The van der Waals surface area contributed by atoms with Crippen LogP contribution < -0.4 is 16.6 Å². The van der Waals surface area contributed by atoms with Gasteiger partial charge in [-0.15, -0.1) is 0 Å². The van der Waals surface area contributed by atoms with Crippen LogP contribution >= 0.6 is 0 Å². The summed E-state index contributed by atoms with van der Waals surface area (Å²) < 4.78 is 13.4. The van der Waals surface area contributed by atoms with Crippen molar-refractivity contribution in [3.05, 3.63) is 41.5 Å². The van der Waals surface area contributed by atoms with E-state index in [1.807, 2.05) is 6.92 Å². The maximum Gasteiger partial charge on any atom is 0.148 e. The maximum atomic E-state index is 13.4. The summed E-state index contributed by atoms with van der Waals surface area (Å²) >= 11 is 0. The smallest absolute Gasteiger partial charge is 0.148 e. The highest BCUT2D eigenvalue weighted by molar-refractivity contribution is 5.66. The third-order valence-electron chi connectivity index (χ3n) is 2.74. The molecule has 1 aromatic heterocycles. The van der Waals surface area contributed by atoms with Gasteiger partial charge in [-0.1, -0.05) is 6.07 Å². The lowest BCUT2D eigenvalue weighted by atomic mass is 10.2. The summed E-state index contributed by atoms with van der Waals surface area (Å²) in [5.74, 6) is 6.20. The summed E-state index contributed by atoms with van der Waals surface area (Å²) in [7, 11) is 0. The fraction of sp³-hybridized carbons (Fsp3) is 0.167. The molecule has 0 atom stereocenters. The number of halogens is 1. The molecule has 0 aliphatic carbocycles. The Bertz CT molecular complexity index is 570. The van der Waals surface area contributed by atoms with E-state index in [1.165, 1.54) is 12.4 Å². The summed E-state index contributed by atoms with van der Waals surface area (Å²) in [6.45, 7) is 3.53. The largest absolute Gasteiger partial charge is 0.340 e. The van der Waals surface area contributed by atoms with Crippen molar-refractivity contribution in [1.82, 2.24) is 9.97 Å². The quantitative estimate of drug-likeness (QED) is 0.573. The molecule has 94 valence electrons. The average Bonchev–Trinajstić information content (AvgIpc) is 2.37. The van der Waals surface area contributed by atoms with Gasteiger partial charge in [0.05, 0.1) is 0 Å². The van der Waals surface area contributed by atoms with Gasteiger partial charge in [-0.05, 0) is 26.0 Å². The molecule has 0 spiro atoms. The maximum absolute atomic E-state index is 13.4. The third kappa shape index (κ3) is 2.23. The van der Waals surface area contributed by atoms with Crippen LogP contribution in [0.25, 0.3) is 0 Å². The molecule has 0 bridgehead atoms. The van der Waals surface area contributed by atoms with Crippen LogP contribution in [0, 0.1) is 19.7 Å². The monoisotopic (exact) mass is 247 g/mol. The number of nitrogens with two attached hydrogens (primary N) is 1. The number of hydrogen-bond donors (Lipinski definition) is 3. The highest BCUT2D eigenvalue weighted by Gasteiger charge is 2.08. The van der Waals surface area contributed by atoms with Crippen LogP contribution in [0.2, 0.25) is 0 Å². The lowest BCUT2D eigenvalue weighted by Crippen LogP contribution is -2.11. The molecule has 0 unspecified atom stereocenters. The Morgan fingerprint density at radius 3 is 2.56 bits per heavy atom. The van der Waals surface area contributed by atoms with E-state index < -0.39 is 0 Å². The third-order valence-corrected chi connectivity index (χ3v) is 2.74. The molecule has 18 heavy (non-hydrogen) atoms. The Labute approximate surface area is 104 Å². The van der Waals surface area contributed by atoms with Gasteiger partial charge in [0.2, 0.25) is 0 Å². The predicted molar refractivity (Wildman–Crippen MR) is 69.0 cm³/mol. The first-order valence-corrected chi connectivity index (χ1v) is 5.44. The van der Waals surface area contributed by atoms with Crippen LogP contribution in [0.15, 0.2) is 24.5 Å². The average molecular weight is 247 g/mol. The van der Waals surface area contributed by atoms with E-state index >= 15 is 0 Å². The summed E-state index contributed by atoms with van der Waals surface area (Å²) in [6.07, 6.45) is 1.39. The van der Waals surface area contributed by atoms with Crippen LogP contribution in [-0.2, 0) is 0 Å². The van der Waals surface area contributed by atoms with E-state index in [1.54, 1.807) is 19.1 Å². The van der Waals surface area contributed by atoms with E-state index in [0.717, 1.165) is 5.56 Å². The topological polar surface area (TPSA) is 75.9 Å². The van der Waals surface area contributed by atoms with E-state index in [-0.39, 0.29) is 5.82 Å². The van der Waals surface area contributed by atoms with Gasteiger partial charge in [0, 0.05) is 16.8 Å². The molecule has 0 aliphatic rings. The number of aromatic nitrogens is 2. The molecule has 1 heterocycles. The van der Waals surface area contributed by atoms with Gasteiger partial charge in [0.25, 0.3) is 0 Å². The van der Waals surface area contributed by atoms with E-state index in [4.69, 9.17) is 5.84 Å². The standard InChI is InChI=1S/C12H14FN5/c1-7-9(13)4-3-5-10(7)17-11-8(2)12(18-14)16-6-15-11/h3-6H,14H2,1-2H3,(H2,15,16,17,18). The minimum atomic E-state index is -0.260. The molecule has 2 rings (SSSR count). The normalized spacial score (nSPS) is 10.2. The van der Waals surface area contributed by atoms with E-state index in [9.17, 15) is 4.39 Å². The number of hydrazine groups is 1. The summed E-state index contributed by atoms with van der Waals surface area (Å²) in [6, 6.07) is 4.85. The second-order valence-corrected chi connectivity index (χ2v) is 3.88. The van der Waals surface area contributed by atoms with Gasteiger partial charge < -0.3 is 10.7 Å². The minimum absolute atomic E-state index is 0.260. The summed E-state index contributed by atoms with van der Waals surface area (Å²) in [5.41, 5.74) is 4.46. The fourth-order valence-electron chi connectivity index (χ4n) is 1.59. The molecular weight excluding hydrogens is 233 g/mol. The fourth-order valence-corrected chi connectivity index (χ4v) is 1.59. The van der Waals surface area contributed by atoms with Crippen molar-refractivity contribution < 1.29 is 4.39 Å². The number of nitrogens with zero attached hydrogens (tertiary/aromatic N) is 2. The van der Waals surface area contributed by atoms with Crippen molar-refractivity contribution in [2.45, 2.75) is 13.8 Å². The van der Waals surface area contributed by atoms with Crippen molar-refractivity contribution in [2.75, 3.05) is 10.7 Å². The van der Waals surface area contributed by atoms with Gasteiger partial charge in [-0.3, -0.25) is 0 Å². The van der Waals surface area contributed by atoms with Gasteiger partial charge in [-0.25, -0.2) is 20.2 Å². The predicted octanol–water partition coefficient (Wildman–Crippen LogP) is 2.26. The number of rotatable bonds is 3. The van der Waals surface area contributed by atoms with Crippen LogP contribution in [0.4, 0.5) is 21.7 Å². The lowest BCUT2D eigenvalue weighted by molar-refractivity contribution is 0.619. The lowest BCUT2D eigenvalue weighted by Gasteiger charge is -2.12. The van der Waals surface area contributed by atoms with Gasteiger partial charge in [-0.2, -0.15) is 0 Å². The van der Waals surface area contributed by atoms with Gasteiger partial charge >= 0.3 is 0 Å². The zero-order valence-corrected chi connectivity index (χ0v) is 10.2. The number of benzene rings is 1. The first kappa shape index (κ1) is 12.3. The highest BCUT2D eigenvalue weighted by Crippen LogP contribution is 2.24. The Kier molecular flexibility index (Phi) is 3.38. The molecule has 0 aliphatic heterocycles. The van der Waals surface area contributed by atoms with Crippen molar-refractivity contribution in [1.29, 1.82) is 0 Å². The van der Waals surface area contributed by atoms with Crippen LogP contribution in [-0.4, -0.2) is 9.97 Å². The molecule has 0 fully saturated rings. The number of nitrogen functional groups attached to an aromatic ring is 1. The van der Waals surface area contributed by atoms with E-state index in [2.05, 4.69) is 20.7 Å². The van der Waals surface area contributed by atoms with Crippen LogP contribution in [0.5, 0.6) is 0 Å². The SMILES string of the molecule is Cc1c(F)cccc1Nc1ncnc(NN)c1C. The van der Waals surface area contributed by atoms with Crippen LogP contribution in [0.1, 0.15) is 11.1 Å². The van der Waals surface area contributed by atoms with Crippen molar-refractivity contribution in [2.24, 2.45) is 5.84 Å². The second-order valence-electron chi connectivity index (χ2n) is 3.88. The zero-order chi connectivity index (χ0) is 13.1. The molecule has 6 heteroatoms. The van der Waals surface area contributed by atoms with E-state index in [0.29, 0.717) is 22.9 Å². The Balaban J connectivity index is 2.37. The van der Waals surface area contributed by atoms with Crippen LogP contribution in [0.3, 0.4) is 0 Å². The molecular formula is C12H14FN5. The van der Waals surface area contributed by atoms with Crippen molar-refractivity contribution in [3.63, 3.8) is 0 Å². The van der Waals surface area contributed by atoms with Gasteiger partial charge in [0.15, 0.2) is 0 Å². The minimum Gasteiger partial charge on any atom is -0.340 e. The molecule has 0 amide bonds. The first-order valence-electron chi connectivity index (χ1n) is 5.44. The van der Waals surface area contributed by atoms with Gasteiger partial charge in [0.1, 0.15) is 23.8 Å². The molecule has 5 nitrogen and oxygen atoms in total. The molecule has 2 aromatic rings. The summed E-state index contributed by atoms with van der Waals surface area (Å²) in [4.78, 5) is 8.09. The Hall–Kier alpha value is -2.21. The summed E-state index contributed by atoms with van der Waals surface area (Å²) in [5, 5.41) is 3.07. The molecule has 0 saturated carbocycles. The first-order chi connectivity index (χ1) is 8.63. The molecule has 1 aromatic carbocycles. The molecule has 0 saturated heterocycles. The Morgan fingerprint density at radius 2 is 1.83 bits per heavy atom. The molecule has 4 N–H and O–H groups in total. The second kappa shape index (κ2) is 4.97. The Morgan fingerprint density at radius 1 is 1.11 bits per heavy atom. The number of hydrogen-bond acceptors (Lipinski definition) is 5. The number of anilines is 3. The number of nitrogens with one attached hydrogen (secondary N) is 2. The molecule has 0 radical (unpaired) electrons. The van der Waals surface area contributed by atoms with Crippen molar-refractivity contribution >= 4 is 17.3 Å². The highest BCUT2D eigenvalue weighted by atomic mass is 19.1.